The van der Waals surface area contributed by atoms with Gasteiger partial charge in [-0.05, 0) is 15.9 Å². The molecule has 0 saturated carbocycles. The second-order valence-electron chi connectivity index (χ2n) is 5.64. The van der Waals surface area contributed by atoms with Crippen molar-refractivity contribution in [2.24, 2.45) is 7.05 Å². The summed E-state index contributed by atoms with van der Waals surface area (Å²) in [4.78, 5) is 16.2. The molecule has 5 aromatic heterocycles. The number of imidazole rings is 2. The highest BCUT2D eigenvalue weighted by molar-refractivity contribution is 9.10. The van der Waals surface area contributed by atoms with E-state index in [0.29, 0.717) is 22.9 Å². The second kappa shape index (κ2) is 6.68. The van der Waals surface area contributed by atoms with Crippen LogP contribution in [0.4, 0.5) is 11.6 Å². The van der Waals surface area contributed by atoms with Crippen molar-refractivity contribution >= 4 is 38.9 Å². The van der Waals surface area contributed by atoms with Gasteiger partial charge in [-0.1, -0.05) is 0 Å². The Bertz CT molecular complexity index is 1230. The molecule has 0 bridgehead atoms. The Balaban J connectivity index is 0.000000143. The minimum Gasteiger partial charge on any atom is -0.381 e. The van der Waals surface area contributed by atoms with Crippen molar-refractivity contribution in [3.05, 3.63) is 54.2 Å². The van der Waals surface area contributed by atoms with Gasteiger partial charge in [0, 0.05) is 43.6 Å². The molecule has 0 amide bonds. The number of hydrogen-bond acceptors (Lipinski definition) is 7. The molecule has 0 unspecified atom stereocenters. The van der Waals surface area contributed by atoms with Gasteiger partial charge in [0.15, 0.2) is 22.9 Å². The maximum absolute atomic E-state index is 5.74. The summed E-state index contributed by atoms with van der Waals surface area (Å²) in [6, 6.07) is 0. The molecule has 136 valence electrons. The number of aryl methyl sites for hydroxylation is 1. The molecule has 27 heavy (non-hydrogen) atoms. The highest BCUT2D eigenvalue weighted by atomic mass is 79.9. The third kappa shape index (κ3) is 3.08. The minimum absolute atomic E-state index is 0.428. The van der Waals surface area contributed by atoms with Crippen molar-refractivity contribution in [3.63, 3.8) is 0 Å². The van der Waals surface area contributed by atoms with Crippen LogP contribution in [0.1, 0.15) is 0 Å². The molecule has 0 fully saturated rings. The lowest BCUT2D eigenvalue weighted by Gasteiger charge is -1.99. The Kier molecular flexibility index (Phi) is 4.20. The molecule has 5 heterocycles. The average molecular weight is 427 g/mol. The van der Waals surface area contributed by atoms with Gasteiger partial charge in [0.2, 0.25) is 0 Å². The molecule has 0 radical (unpaired) electrons. The zero-order valence-corrected chi connectivity index (χ0v) is 15.8. The third-order valence-electron chi connectivity index (χ3n) is 3.87. The first-order valence-corrected chi connectivity index (χ1v) is 8.63. The molecule has 5 aromatic rings. The first kappa shape index (κ1) is 17.0. The van der Waals surface area contributed by atoms with Crippen LogP contribution in [-0.4, -0.2) is 38.5 Å². The van der Waals surface area contributed by atoms with Gasteiger partial charge in [-0.3, -0.25) is 13.5 Å². The summed E-state index contributed by atoms with van der Waals surface area (Å²) in [5.74, 6) is 0.871. The zero-order chi connectivity index (χ0) is 19.0. The van der Waals surface area contributed by atoms with Crippen molar-refractivity contribution in [2.45, 2.75) is 0 Å². The van der Waals surface area contributed by atoms with E-state index >= 15 is 0 Å². The third-order valence-corrected chi connectivity index (χ3v) is 4.45. The van der Waals surface area contributed by atoms with E-state index in [0.717, 1.165) is 15.9 Å². The summed E-state index contributed by atoms with van der Waals surface area (Å²) in [7, 11) is 1.88. The summed E-state index contributed by atoms with van der Waals surface area (Å²) in [5.41, 5.74) is 14.6. The van der Waals surface area contributed by atoms with E-state index in [4.69, 9.17) is 11.5 Å². The summed E-state index contributed by atoms with van der Waals surface area (Å²) >= 11 is 3.32. The SMILES string of the molecule is Cn1cc(-c2cnc3c(N)nccn23)cn1.Nc1nccn2c(Br)cnc12. The minimum atomic E-state index is 0.428. The molecule has 4 N–H and O–H groups in total. The van der Waals surface area contributed by atoms with Crippen LogP contribution in [0.5, 0.6) is 0 Å². The van der Waals surface area contributed by atoms with E-state index in [1.807, 2.05) is 28.2 Å². The maximum Gasteiger partial charge on any atom is 0.180 e. The number of fused-ring (bicyclic) bond motifs is 2. The Morgan fingerprint density at radius 1 is 0.852 bits per heavy atom. The first-order chi connectivity index (χ1) is 13.0. The van der Waals surface area contributed by atoms with Crippen LogP contribution >= 0.6 is 15.9 Å². The van der Waals surface area contributed by atoms with E-state index in [-0.39, 0.29) is 0 Å². The molecule has 0 spiro atoms. The van der Waals surface area contributed by atoms with Crippen LogP contribution in [0.15, 0.2) is 54.2 Å². The molecule has 11 heteroatoms. The van der Waals surface area contributed by atoms with Gasteiger partial charge in [0.1, 0.15) is 4.60 Å². The van der Waals surface area contributed by atoms with Crippen LogP contribution in [0.25, 0.3) is 22.6 Å². The van der Waals surface area contributed by atoms with Gasteiger partial charge in [-0.25, -0.2) is 19.9 Å². The van der Waals surface area contributed by atoms with E-state index in [9.17, 15) is 0 Å². The van der Waals surface area contributed by atoms with Crippen LogP contribution in [0.3, 0.4) is 0 Å². The molecular formula is C16H15BrN10. The van der Waals surface area contributed by atoms with Crippen molar-refractivity contribution in [3.8, 4) is 11.3 Å². The Labute approximate surface area is 161 Å². The van der Waals surface area contributed by atoms with Crippen molar-refractivity contribution < 1.29 is 0 Å². The van der Waals surface area contributed by atoms with Gasteiger partial charge < -0.3 is 11.5 Å². The van der Waals surface area contributed by atoms with Gasteiger partial charge >= 0.3 is 0 Å². The summed E-state index contributed by atoms with van der Waals surface area (Å²) in [5, 5.41) is 4.13. The van der Waals surface area contributed by atoms with Crippen molar-refractivity contribution in [1.82, 2.24) is 38.5 Å². The predicted octanol–water partition coefficient (Wildman–Crippen LogP) is 1.79. The van der Waals surface area contributed by atoms with Crippen LogP contribution in [-0.2, 0) is 7.05 Å². The number of anilines is 2. The summed E-state index contributed by atoms with van der Waals surface area (Å²) < 4.78 is 6.35. The number of nitrogens with two attached hydrogens (primary N) is 2. The van der Waals surface area contributed by atoms with E-state index in [1.54, 1.807) is 41.9 Å². The van der Waals surface area contributed by atoms with E-state index < -0.39 is 0 Å². The topological polar surface area (TPSA) is 130 Å². The Morgan fingerprint density at radius 2 is 1.48 bits per heavy atom. The average Bonchev–Trinajstić information content (AvgIpc) is 3.36. The fourth-order valence-corrected chi connectivity index (χ4v) is 3.00. The largest absolute Gasteiger partial charge is 0.381 e. The van der Waals surface area contributed by atoms with E-state index in [2.05, 4.69) is 41.0 Å². The predicted molar refractivity (Wildman–Crippen MR) is 105 cm³/mol. The van der Waals surface area contributed by atoms with Crippen LogP contribution in [0, 0.1) is 0 Å². The Hall–Kier alpha value is -3.47. The highest BCUT2D eigenvalue weighted by Gasteiger charge is 2.09. The smallest absolute Gasteiger partial charge is 0.180 e. The number of nitrogen functional groups attached to an aromatic ring is 2. The maximum atomic E-state index is 5.74. The molecule has 0 aliphatic heterocycles. The molecule has 0 atom stereocenters. The quantitative estimate of drug-likeness (QED) is 0.417. The zero-order valence-electron chi connectivity index (χ0n) is 14.2. The molecule has 0 saturated heterocycles. The van der Waals surface area contributed by atoms with Crippen LogP contribution < -0.4 is 11.5 Å². The molecule has 5 rings (SSSR count). The van der Waals surface area contributed by atoms with Gasteiger partial charge in [-0.2, -0.15) is 5.10 Å². The standard InChI is InChI=1S/C10H10N6.C6H5BrN4/c1-15-6-7(4-14-15)8-5-13-10-9(11)12-2-3-16(8)10;7-4-3-10-6-5(8)9-1-2-11(4)6/h2-6H,1H3,(H2,11,12);1-3H,(H2,8,9). The van der Waals surface area contributed by atoms with Crippen molar-refractivity contribution in [1.29, 1.82) is 0 Å². The Morgan fingerprint density at radius 3 is 2.11 bits per heavy atom. The van der Waals surface area contributed by atoms with Gasteiger partial charge in [0.05, 0.1) is 24.3 Å². The fourth-order valence-electron chi connectivity index (χ4n) is 2.62. The second-order valence-corrected chi connectivity index (χ2v) is 6.45. The molecular weight excluding hydrogens is 412 g/mol. The fraction of sp³-hybridized carbons (Fsp3) is 0.0625. The van der Waals surface area contributed by atoms with Gasteiger partial charge in [0.25, 0.3) is 0 Å². The number of hydrogen-bond donors (Lipinski definition) is 2. The summed E-state index contributed by atoms with van der Waals surface area (Å²) in [6.45, 7) is 0. The molecule has 0 aliphatic carbocycles. The number of aromatic nitrogens is 8. The molecule has 0 aromatic carbocycles. The lowest BCUT2D eigenvalue weighted by molar-refractivity contribution is 0.768. The molecule has 0 aliphatic rings. The number of halogens is 1. The lowest BCUT2D eigenvalue weighted by Crippen LogP contribution is -1.96. The van der Waals surface area contributed by atoms with E-state index in [1.165, 1.54) is 0 Å². The lowest BCUT2D eigenvalue weighted by atomic mass is 10.3. The number of nitrogens with zero attached hydrogens (tertiary/aromatic N) is 8. The van der Waals surface area contributed by atoms with Crippen LogP contribution in [0.2, 0.25) is 0 Å². The van der Waals surface area contributed by atoms with Gasteiger partial charge in [-0.15, -0.1) is 0 Å². The monoisotopic (exact) mass is 426 g/mol. The summed E-state index contributed by atoms with van der Waals surface area (Å²) in [6.07, 6.45) is 14.1. The number of rotatable bonds is 1. The van der Waals surface area contributed by atoms with Crippen molar-refractivity contribution in [2.75, 3.05) is 11.5 Å². The normalized spacial score (nSPS) is 10.9. The highest BCUT2D eigenvalue weighted by Crippen LogP contribution is 2.21. The first-order valence-electron chi connectivity index (χ1n) is 7.84. The molecule has 10 nitrogen and oxygen atoms in total.